The second-order valence-corrected chi connectivity index (χ2v) is 5.17. The molecule has 2 aromatic rings. The van der Waals surface area contributed by atoms with E-state index < -0.39 is 0 Å². The topological polar surface area (TPSA) is 29.0 Å². The van der Waals surface area contributed by atoms with Crippen molar-refractivity contribution in [1.29, 1.82) is 0 Å². The number of hydrogen-bond donors (Lipinski definition) is 0. The van der Waals surface area contributed by atoms with Gasteiger partial charge >= 0.3 is 0 Å². The number of hydrogen-bond acceptors (Lipinski definition) is 3. The molecule has 0 spiro atoms. The van der Waals surface area contributed by atoms with Crippen LogP contribution >= 0.6 is 0 Å². The van der Waals surface area contributed by atoms with Crippen LogP contribution in [-0.2, 0) is 6.54 Å². The summed E-state index contributed by atoms with van der Waals surface area (Å²) in [5.41, 5.74) is 2.56. The van der Waals surface area contributed by atoms with Crippen LogP contribution in [0.3, 0.4) is 0 Å². The first-order valence-electron chi connectivity index (χ1n) is 6.94. The van der Waals surface area contributed by atoms with Crippen molar-refractivity contribution < 1.29 is 0 Å². The molecule has 0 atom stereocenters. The van der Waals surface area contributed by atoms with Gasteiger partial charge in [-0.3, -0.25) is 14.9 Å². The lowest BCUT2D eigenvalue weighted by molar-refractivity contribution is 0.203. The smallest absolute Gasteiger partial charge is 0.0618 e. The van der Waals surface area contributed by atoms with Crippen LogP contribution in [0, 0.1) is 0 Å². The first-order valence-corrected chi connectivity index (χ1v) is 6.94. The molecule has 0 saturated carbocycles. The van der Waals surface area contributed by atoms with Gasteiger partial charge < -0.3 is 0 Å². The summed E-state index contributed by atoms with van der Waals surface area (Å²) in [6.07, 6.45) is 7.83. The quantitative estimate of drug-likeness (QED) is 0.842. The van der Waals surface area contributed by atoms with Crippen LogP contribution < -0.4 is 0 Å². The third-order valence-corrected chi connectivity index (χ3v) is 3.84. The molecule has 1 aliphatic rings. The Hall–Kier alpha value is -1.74. The van der Waals surface area contributed by atoms with Crippen molar-refractivity contribution in [3.05, 3.63) is 60.2 Å². The fourth-order valence-electron chi connectivity index (χ4n) is 2.75. The summed E-state index contributed by atoms with van der Waals surface area (Å²) in [6, 6.07) is 10.7. The van der Waals surface area contributed by atoms with E-state index >= 15 is 0 Å². The molecular weight excluding hydrogens is 234 g/mol. The van der Waals surface area contributed by atoms with E-state index in [0.717, 1.165) is 25.3 Å². The van der Waals surface area contributed by atoms with Gasteiger partial charge in [-0.05, 0) is 31.5 Å². The van der Waals surface area contributed by atoms with Crippen molar-refractivity contribution in [2.75, 3.05) is 13.1 Å². The van der Waals surface area contributed by atoms with Gasteiger partial charge in [0, 0.05) is 31.1 Å². The molecule has 2 heterocycles. The van der Waals surface area contributed by atoms with Crippen LogP contribution in [-0.4, -0.2) is 28.0 Å². The van der Waals surface area contributed by atoms with E-state index in [9.17, 15) is 0 Å². The first-order chi connectivity index (χ1) is 9.42. The van der Waals surface area contributed by atoms with Crippen molar-refractivity contribution >= 4 is 0 Å². The van der Waals surface area contributed by atoms with Crippen molar-refractivity contribution in [2.45, 2.75) is 25.3 Å². The molecule has 0 radical (unpaired) electrons. The summed E-state index contributed by atoms with van der Waals surface area (Å²) >= 11 is 0. The minimum Gasteiger partial charge on any atom is -0.299 e. The van der Waals surface area contributed by atoms with Crippen LogP contribution in [0.1, 0.15) is 30.0 Å². The van der Waals surface area contributed by atoms with Crippen LogP contribution in [0.5, 0.6) is 0 Å². The largest absolute Gasteiger partial charge is 0.299 e. The minimum atomic E-state index is 0.584. The van der Waals surface area contributed by atoms with E-state index in [0.29, 0.717) is 5.92 Å². The molecule has 98 valence electrons. The molecule has 0 N–H and O–H groups in total. The Kier molecular flexibility index (Phi) is 3.84. The average Bonchev–Trinajstić information content (AvgIpc) is 2.50. The standard InChI is InChI=1S/C16H19N3/c1-2-4-14(5-3-1)13-19-10-6-15(7-11-19)16-12-17-8-9-18-16/h1-5,8-9,12,15H,6-7,10-11,13H2. The summed E-state index contributed by atoms with van der Waals surface area (Å²) in [6.45, 7) is 3.36. The fraction of sp³-hybridized carbons (Fsp3) is 0.375. The van der Waals surface area contributed by atoms with Gasteiger partial charge in [-0.15, -0.1) is 0 Å². The average molecular weight is 253 g/mol. The third kappa shape index (κ3) is 3.18. The molecule has 1 aromatic heterocycles. The Morgan fingerprint density at radius 1 is 1.05 bits per heavy atom. The number of rotatable bonds is 3. The summed E-state index contributed by atoms with van der Waals surface area (Å²) in [4.78, 5) is 11.1. The lowest BCUT2D eigenvalue weighted by Crippen LogP contribution is -2.32. The van der Waals surface area contributed by atoms with Gasteiger partial charge in [-0.25, -0.2) is 0 Å². The highest BCUT2D eigenvalue weighted by molar-refractivity contribution is 5.14. The molecule has 3 rings (SSSR count). The Morgan fingerprint density at radius 2 is 1.84 bits per heavy atom. The van der Waals surface area contributed by atoms with E-state index in [1.807, 2.05) is 6.20 Å². The lowest BCUT2D eigenvalue weighted by atomic mass is 9.93. The van der Waals surface area contributed by atoms with Crippen LogP contribution in [0.2, 0.25) is 0 Å². The SMILES string of the molecule is c1ccc(CN2CCC(c3cnccn3)CC2)cc1. The minimum absolute atomic E-state index is 0.584. The molecule has 1 fully saturated rings. The summed E-state index contributed by atoms with van der Waals surface area (Å²) < 4.78 is 0. The van der Waals surface area contributed by atoms with Gasteiger partial charge in [0.05, 0.1) is 5.69 Å². The van der Waals surface area contributed by atoms with Gasteiger partial charge in [0.15, 0.2) is 0 Å². The third-order valence-electron chi connectivity index (χ3n) is 3.84. The predicted molar refractivity (Wildman–Crippen MR) is 75.7 cm³/mol. The van der Waals surface area contributed by atoms with Crippen molar-refractivity contribution in [3.63, 3.8) is 0 Å². The highest BCUT2D eigenvalue weighted by Gasteiger charge is 2.21. The fourth-order valence-corrected chi connectivity index (χ4v) is 2.75. The molecule has 0 bridgehead atoms. The van der Waals surface area contributed by atoms with Gasteiger partial charge in [0.25, 0.3) is 0 Å². The van der Waals surface area contributed by atoms with Gasteiger partial charge in [-0.2, -0.15) is 0 Å². The second-order valence-electron chi connectivity index (χ2n) is 5.17. The molecule has 0 amide bonds. The Labute approximate surface area is 114 Å². The number of likely N-dealkylation sites (tertiary alicyclic amines) is 1. The zero-order valence-corrected chi connectivity index (χ0v) is 11.1. The van der Waals surface area contributed by atoms with E-state index in [4.69, 9.17) is 0 Å². The molecule has 1 saturated heterocycles. The van der Waals surface area contributed by atoms with Gasteiger partial charge in [-0.1, -0.05) is 30.3 Å². The van der Waals surface area contributed by atoms with Gasteiger partial charge in [0.1, 0.15) is 0 Å². The maximum absolute atomic E-state index is 4.43. The normalized spacial score (nSPS) is 17.5. The van der Waals surface area contributed by atoms with Crippen molar-refractivity contribution in [2.24, 2.45) is 0 Å². The van der Waals surface area contributed by atoms with Crippen molar-refractivity contribution in [3.8, 4) is 0 Å². The molecule has 0 unspecified atom stereocenters. The summed E-state index contributed by atoms with van der Waals surface area (Å²) in [5, 5.41) is 0. The maximum Gasteiger partial charge on any atom is 0.0618 e. The van der Waals surface area contributed by atoms with Crippen LogP contribution in [0.25, 0.3) is 0 Å². The molecule has 0 aliphatic carbocycles. The monoisotopic (exact) mass is 253 g/mol. The van der Waals surface area contributed by atoms with E-state index in [1.54, 1.807) is 12.4 Å². The van der Waals surface area contributed by atoms with E-state index in [2.05, 4.69) is 45.2 Å². The van der Waals surface area contributed by atoms with E-state index in [-0.39, 0.29) is 0 Å². The highest BCUT2D eigenvalue weighted by atomic mass is 15.1. The molecule has 3 heteroatoms. The predicted octanol–water partition coefficient (Wildman–Crippen LogP) is 2.86. The molecule has 1 aromatic carbocycles. The van der Waals surface area contributed by atoms with Crippen molar-refractivity contribution in [1.82, 2.24) is 14.9 Å². The Bertz CT molecular complexity index is 490. The van der Waals surface area contributed by atoms with Crippen LogP contribution in [0.15, 0.2) is 48.9 Å². The maximum atomic E-state index is 4.43. The number of aromatic nitrogens is 2. The lowest BCUT2D eigenvalue weighted by Gasteiger charge is -2.31. The highest BCUT2D eigenvalue weighted by Crippen LogP contribution is 2.26. The Morgan fingerprint density at radius 3 is 2.53 bits per heavy atom. The van der Waals surface area contributed by atoms with E-state index in [1.165, 1.54) is 18.4 Å². The molecule has 3 nitrogen and oxygen atoms in total. The Balaban J connectivity index is 1.55. The van der Waals surface area contributed by atoms with Gasteiger partial charge in [0.2, 0.25) is 0 Å². The number of benzene rings is 1. The van der Waals surface area contributed by atoms with Crippen LogP contribution in [0.4, 0.5) is 0 Å². The molecule has 19 heavy (non-hydrogen) atoms. The second kappa shape index (κ2) is 5.93. The first kappa shape index (κ1) is 12.3. The summed E-state index contributed by atoms with van der Waals surface area (Å²) in [7, 11) is 0. The zero-order chi connectivity index (χ0) is 12.9. The summed E-state index contributed by atoms with van der Waals surface area (Å²) in [5.74, 6) is 0.584. The number of piperidine rings is 1. The zero-order valence-electron chi connectivity index (χ0n) is 11.1. The molecular formula is C16H19N3. The molecule has 1 aliphatic heterocycles. The number of nitrogens with zero attached hydrogens (tertiary/aromatic N) is 3.